The van der Waals surface area contributed by atoms with Gasteiger partial charge in [0, 0.05) is 31.7 Å². The van der Waals surface area contributed by atoms with Gasteiger partial charge in [-0.1, -0.05) is 27.2 Å². The molecule has 0 amide bonds. The lowest BCUT2D eigenvalue weighted by Crippen LogP contribution is -2.26. The summed E-state index contributed by atoms with van der Waals surface area (Å²) in [5, 5.41) is 5.51. The second kappa shape index (κ2) is 6.39. The summed E-state index contributed by atoms with van der Waals surface area (Å²) in [6.45, 7) is 9.57. The number of hydrogen-bond acceptors (Lipinski definition) is 4. The van der Waals surface area contributed by atoms with Gasteiger partial charge in [0.25, 0.3) is 0 Å². The first-order chi connectivity index (χ1) is 9.17. The van der Waals surface area contributed by atoms with E-state index in [1.807, 2.05) is 0 Å². The summed E-state index contributed by atoms with van der Waals surface area (Å²) < 4.78 is 2.20. The normalized spacial score (nSPS) is 13.1. The summed E-state index contributed by atoms with van der Waals surface area (Å²) in [4.78, 5) is 8.15. The summed E-state index contributed by atoms with van der Waals surface area (Å²) in [7, 11) is 2.15. The van der Waals surface area contributed by atoms with Gasteiger partial charge in [0.2, 0.25) is 0 Å². The van der Waals surface area contributed by atoms with Crippen LogP contribution in [-0.2, 0) is 6.54 Å². The lowest BCUT2D eigenvalue weighted by Gasteiger charge is -2.22. The highest BCUT2D eigenvalue weighted by Crippen LogP contribution is 2.24. The van der Waals surface area contributed by atoms with Crippen LogP contribution in [0.25, 0.3) is 4.96 Å². The molecule has 5 heteroatoms. The Bertz CT molecular complexity index is 516. The van der Waals surface area contributed by atoms with Crippen molar-refractivity contribution >= 4 is 22.1 Å². The van der Waals surface area contributed by atoms with Crippen LogP contribution in [0, 0.1) is 5.92 Å². The van der Waals surface area contributed by atoms with Crippen molar-refractivity contribution < 1.29 is 0 Å². The smallest absolute Gasteiger partial charge is 0.195 e. The molecule has 0 aromatic carbocycles. The summed E-state index contributed by atoms with van der Waals surface area (Å²) in [5.74, 6) is 1.81. The first-order valence-corrected chi connectivity index (χ1v) is 7.91. The van der Waals surface area contributed by atoms with Crippen LogP contribution >= 0.6 is 11.3 Å². The molecule has 0 aliphatic rings. The minimum absolute atomic E-state index is 0.691. The van der Waals surface area contributed by atoms with Gasteiger partial charge >= 0.3 is 0 Å². The maximum absolute atomic E-state index is 4.78. The van der Waals surface area contributed by atoms with Gasteiger partial charge in [-0.3, -0.25) is 4.40 Å². The fourth-order valence-electron chi connectivity index (χ4n) is 2.22. The van der Waals surface area contributed by atoms with E-state index in [9.17, 15) is 0 Å². The Balaban J connectivity index is 2.27. The molecule has 1 unspecified atom stereocenters. The SMILES string of the molecule is CCNCc1c(N(C)CC(C)CC)nc2sccn12. The fraction of sp³-hybridized carbons (Fsp3) is 0.643. The van der Waals surface area contributed by atoms with Crippen LogP contribution in [0.1, 0.15) is 32.9 Å². The highest BCUT2D eigenvalue weighted by molar-refractivity contribution is 7.15. The minimum atomic E-state index is 0.691. The van der Waals surface area contributed by atoms with Crippen molar-refractivity contribution in [1.82, 2.24) is 14.7 Å². The molecule has 0 radical (unpaired) electrons. The average Bonchev–Trinajstić information content (AvgIpc) is 2.96. The van der Waals surface area contributed by atoms with E-state index in [2.05, 4.69) is 54.0 Å². The third-order valence-corrected chi connectivity index (χ3v) is 4.28. The molecule has 0 fully saturated rings. The molecule has 0 saturated heterocycles. The molecule has 2 aromatic rings. The molecule has 0 spiro atoms. The Morgan fingerprint density at radius 2 is 2.26 bits per heavy atom. The third kappa shape index (κ3) is 3.09. The van der Waals surface area contributed by atoms with Crippen LogP contribution in [-0.4, -0.2) is 29.5 Å². The molecular formula is C14H24N4S. The standard InChI is InChI=1S/C14H24N4S/c1-5-11(3)10-17(4)13-12(9-15-6-2)18-7-8-19-14(18)16-13/h7-8,11,15H,5-6,9-10H2,1-4H3. The number of rotatable bonds is 7. The van der Waals surface area contributed by atoms with E-state index in [0.29, 0.717) is 5.92 Å². The van der Waals surface area contributed by atoms with Gasteiger partial charge < -0.3 is 10.2 Å². The van der Waals surface area contributed by atoms with E-state index in [0.717, 1.165) is 30.4 Å². The molecule has 0 bridgehead atoms. The predicted octanol–water partition coefficient (Wildman–Crippen LogP) is 2.99. The van der Waals surface area contributed by atoms with Crippen molar-refractivity contribution in [2.75, 3.05) is 25.0 Å². The molecule has 2 rings (SSSR count). The lowest BCUT2D eigenvalue weighted by atomic mass is 10.1. The second-order valence-electron chi connectivity index (χ2n) is 5.11. The number of nitrogens with one attached hydrogen (secondary N) is 1. The van der Waals surface area contributed by atoms with Crippen molar-refractivity contribution in [2.45, 2.75) is 33.7 Å². The van der Waals surface area contributed by atoms with Crippen molar-refractivity contribution in [3.63, 3.8) is 0 Å². The Kier molecular flexibility index (Phi) is 4.82. The van der Waals surface area contributed by atoms with E-state index in [1.165, 1.54) is 12.1 Å². The van der Waals surface area contributed by atoms with E-state index in [-0.39, 0.29) is 0 Å². The van der Waals surface area contributed by atoms with Crippen molar-refractivity contribution in [2.24, 2.45) is 5.92 Å². The minimum Gasteiger partial charge on any atom is -0.358 e. The van der Waals surface area contributed by atoms with Crippen LogP contribution in [0.3, 0.4) is 0 Å². The maximum Gasteiger partial charge on any atom is 0.195 e. The van der Waals surface area contributed by atoms with Crippen LogP contribution in [0.5, 0.6) is 0 Å². The molecule has 0 saturated carbocycles. The largest absolute Gasteiger partial charge is 0.358 e. The molecular weight excluding hydrogens is 256 g/mol. The number of nitrogens with zero attached hydrogens (tertiary/aromatic N) is 3. The Morgan fingerprint density at radius 3 is 2.95 bits per heavy atom. The zero-order chi connectivity index (χ0) is 13.8. The van der Waals surface area contributed by atoms with Gasteiger partial charge in [-0.15, -0.1) is 11.3 Å². The van der Waals surface area contributed by atoms with Crippen LogP contribution in [0.4, 0.5) is 5.82 Å². The average molecular weight is 280 g/mol. The summed E-state index contributed by atoms with van der Waals surface area (Å²) in [6.07, 6.45) is 3.31. The van der Waals surface area contributed by atoms with Gasteiger partial charge in [0.05, 0.1) is 5.69 Å². The molecule has 2 heterocycles. The summed E-state index contributed by atoms with van der Waals surface area (Å²) >= 11 is 1.70. The zero-order valence-electron chi connectivity index (χ0n) is 12.3. The lowest BCUT2D eigenvalue weighted by molar-refractivity contribution is 0.556. The van der Waals surface area contributed by atoms with Gasteiger partial charge in [-0.25, -0.2) is 4.98 Å². The molecule has 0 aliphatic carbocycles. The number of anilines is 1. The fourth-order valence-corrected chi connectivity index (χ4v) is 2.95. The van der Waals surface area contributed by atoms with Crippen LogP contribution < -0.4 is 10.2 Å². The number of hydrogen-bond donors (Lipinski definition) is 1. The highest BCUT2D eigenvalue weighted by atomic mass is 32.1. The van der Waals surface area contributed by atoms with Crippen molar-refractivity contribution in [3.8, 4) is 0 Å². The predicted molar refractivity (Wildman–Crippen MR) is 83.2 cm³/mol. The first-order valence-electron chi connectivity index (χ1n) is 7.03. The van der Waals surface area contributed by atoms with Crippen LogP contribution in [0.2, 0.25) is 0 Å². The van der Waals surface area contributed by atoms with Crippen LogP contribution in [0.15, 0.2) is 11.6 Å². The van der Waals surface area contributed by atoms with Gasteiger partial charge in [0.15, 0.2) is 10.8 Å². The van der Waals surface area contributed by atoms with Crippen molar-refractivity contribution in [3.05, 3.63) is 17.3 Å². The van der Waals surface area contributed by atoms with E-state index in [1.54, 1.807) is 11.3 Å². The molecule has 106 valence electrons. The second-order valence-corrected chi connectivity index (χ2v) is 5.98. The molecule has 4 nitrogen and oxygen atoms in total. The Morgan fingerprint density at radius 1 is 1.47 bits per heavy atom. The molecule has 0 aliphatic heterocycles. The Hall–Kier alpha value is -1.07. The number of fused-ring (bicyclic) bond motifs is 1. The summed E-state index contributed by atoms with van der Waals surface area (Å²) in [6, 6.07) is 0. The molecule has 1 atom stereocenters. The number of aromatic nitrogens is 2. The number of thiazole rings is 1. The zero-order valence-corrected chi connectivity index (χ0v) is 13.1. The van der Waals surface area contributed by atoms with Gasteiger partial charge in [-0.05, 0) is 12.5 Å². The van der Waals surface area contributed by atoms with E-state index >= 15 is 0 Å². The van der Waals surface area contributed by atoms with E-state index < -0.39 is 0 Å². The highest BCUT2D eigenvalue weighted by Gasteiger charge is 2.17. The first kappa shape index (κ1) is 14.3. The quantitative estimate of drug-likeness (QED) is 0.846. The maximum atomic E-state index is 4.78. The Labute approximate surface area is 119 Å². The van der Waals surface area contributed by atoms with Gasteiger partial charge in [0.1, 0.15) is 0 Å². The summed E-state index contributed by atoms with van der Waals surface area (Å²) in [5.41, 5.74) is 1.27. The third-order valence-electron chi connectivity index (χ3n) is 3.53. The van der Waals surface area contributed by atoms with E-state index in [4.69, 9.17) is 4.98 Å². The van der Waals surface area contributed by atoms with Crippen molar-refractivity contribution in [1.29, 1.82) is 0 Å². The molecule has 1 N–H and O–H groups in total. The number of imidazole rings is 1. The monoisotopic (exact) mass is 280 g/mol. The molecule has 19 heavy (non-hydrogen) atoms. The topological polar surface area (TPSA) is 32.6 Å². The van der Waals surface area contributed by atoms with Gasteiger partial charge in [-0.2, -0.15) is 0 Å². The molecule has 2 aromatic heterocycles.